The minimum absolute atomic E-state index is 0.178. The molecule has 21 heavy (non-hydrogen) atoms. The van der Waals surface area contributed by atoms with E-state index in [0.717, 1.165) is 38.3 Å². The molecule has 1 saturated heterocycles. The Morgan fingerprint density at radius 2 is 2.19 bits per heavy atom. The molecule has 0 aromatic rings. The van der Waals surface area contributed by atoms with Crippen LogP contribution in [0.1, 0.15) is 45.4 Å². The first-order chi connectivity index (χ1) is 10.1. The molecule has 1 heterocycles. The van der Waals surface area contributed by atoms with Gasteiger partial charge in [0.15, 0.2) is 5.96 Å². The number of hydrogen-bond donors (Lipinski definition) is 3. The van der Waals surface area contributed by atoms with Crippen LogP contribution in [0.25, 0.3) is 0 Å². The van der Waals surface area contributed by atoms with Gasteiger partial charge >= 0.3 is 0 Å². The molecule has 6 heteroatoms. The number of carbonyl (C=O) groups excluding carboxylic acids is 1. The zero-order valence-electron chi connectivity index (χ0n) is 13.2. The minimum Gasteiger partial charge on any atom is -0.356 e. The smallest absolute Gasteiger partial charge is 0.220 e. The average Bonchev–Trinajstić information content (AvgIpc) is 3.17. The minimum atomic E-state index is 0.178. The molecule has 0 spiro atoms. The molecule has 1 saturated carbocycles. The zero-order chi connectivity index (χ0) is 15.1. The van der Waals surface area contributed by atoms with E-state index >= 15 is 0 Å². The molecule has 0 aromatic heterocycles. The Morgan fingerprint density at radius 1 is 1.38 bits per heavy atom. The van der Waals surface area contributed by atoms with E-state index in [2.05, 4.69) is 27.9 Å². The van der Waals surface area contributed by atoms with Crippen LogP contribution in [0.15, 0.2) is 4.99 Å². The van der Waals surface area contributed by atoms with Crippen molar-refractivity contribution in [1.29, 1.82) is 0 Å². The lowest BCUT2D eigenvalue weighted by molar-refractivity contribution is -0.121. The summed E-state index contributed by atoms with van der Waals surface area (Å²) in [5.74, 6) is 2.28. The second-order valence-corrected chi connectivity index (χ2v) is 7.88. The van der Waals surface area contributed by atoms with Crippen molar-refractivity contribution < 1.29 is 4.79 Å². The molecule has 2 aliphatic rings. The maximum Gasteiger partial charge on any atom is 0.220 e. The van der Waals surface area contributed by atoms with Crippen LogP contribution in [-0.4, -0.2) is 48.5 Å². The van der Waals surface area contributed by atoms with Gasteiger partial charge in [-0.2, -0.15) is 11.8 Å². The van der Waals surface area contributed by atoms with Crippen molar-refractivity contribution in [3.05, 3.63) is 0 Å². The Morgan fingerprint density at radius 3 is 2.81 bits per heavy atom. The number of thioether (sulfide) groups is 1. The molecule has 5 nitrogen and oxygen atoms in total. The Balaban J connectivity index is 1.55. The van der Waals surface area contributed by atoms with E-state index < -0.39 is 0 Å². The number of nitrogens with zero attached hydrogens (tertiary/aromatic N) is 1. The van der Waals surface area contributed by atoms with Crippen LogP contribution in [0.3, 0.4) is 0 Å². The normalized spacial score (nSPS) is 25.7. The van der Waals surface area contributed by atoms with Gasteiger partial charge in [0, 0.05) is 37.3 Å². The SMILES string of the molecule is CN=C(NCCCC(=O)NC1CC1)NCC1(C)CCCS1. The summed E-state index contributed by atoms with van der Waals surface area (Å²) in [7, 11) is 1.79. The molecule has 2 fully saturated rings. The van der Waals surface area contributed by atoms with E-state index in [-0.39, 0.29) is 5.91 Å². The van der Waals surface area contributed by atoms with E-state index in [9.17, 15) is 4.79 Å². The highest BCUT2D eigenvalue weighted by Gasteiger charge is 2.29. The summed E-state index contributed by atoms with van der Waals surface area (Å²) in [6.45, 7) is 4.04. The fourth-order valence-corrected chi connectivity index (χ4v) is 3.70. The summed E-state index contributed by atoms with van der Waals surface area (Å²) in [6.07, 6.45) is 6.31. The van der Waals surface area contributed by atoms with E-state index in [1.165, 1.54) is 18.6 Å². The first kappa shape index (κ1) is 16.5. The number of guanidine groups is 1. The lowest BCUT2D eigenvalue weighted by Crippen LogP contribution is -2.44. The standard InChI is InChI=1S/C15H28N4OS/c1-15(8-4-10-21-15)11-18-14(16-2)17-9-3-5-13(20)19-12-6-7-12/h12H,3-11H2,1-2H3,(H,19,20)(H2,16,17,18). The van der Waals surface area contributed by atoms with Crippen LogP contribution in [0, 0.1) is 0 Å². The third-order valence-electron chi connectivity index (χ3n) is 3.97. The predicted octanol–water partition coefficient (Wildman–Crippen LogP) is 1.50. The molecule has 3 N–H and O–H groups in total. The Labute approximate surface area is 132 Å². The molecule has 1 amide bonds. The quantitative estimate of drug-likeness (QED) is 0.379. The molecule has 0 aromatic carbocycles. The van der Waals surface area contributed by atoms with Gasteiger partial charge in [-0.1, -0.05) is 0 Å². The summed E-state index contributed by atoms with van der Waals surface area (Å²) in [6, 6.07) is 0.463. The van der Waals surface area contributed by atoms with Crippen molar-refractivity contribution in [2.45, 2.75) is 56.2 Å². The second-order valence-electron chi connectivity index (χ2n) is 6.20. The van der Waals surface area contributed by atoms with Gasteiger partial charge < -0.3 is 16.0 Å². The first-order valence-electron chi connectivity index (χ1n) is 7.99. The van der Waals surface area contributed by atoms with E-state index in [1.807, 2.05) is 11.8 Å². The molecule has 2 rings (SSSR count). The van der Waals surface area contributed by atoms with Gasteiger partial charge in [0.2, 0.25) is 5.91 Å². The first-order valence-corrected chi connectivity index (χ1v) is 8.98. The molecule has 0 radical (unpaired) electrons. The molecule has 0 bridgehead atoms. The van der Waals surface area contributed by atoms with Gasteiger partial charge in [0.05, 0.1) is 0 Å². The van der Waals surface area contributed by atoms with Gasteiger partial charge in [0.1, 0.15) is 0 Å². The number of rotatable bonds is 7. The summed E-state index contributed by atoms with van der Waals surface area (Å²) < 4.78 is 0.335. The molecule has 1 unspecified atom stereocenters. The van der Waals surface area contributed by atoms with Crippen molar-refractivity contribution in [2.24, 2.45) is 4.99 Å². The van der Waals surface area contributed by atoms with Gasteiger partial charge in [-0.25, -0.2) is 0 Å². The number of nitrogens with one attached hydrogen (secondary N) is 3. The fourth-order valence-electron chi connectivity index (χ4n) is 2.45. The molecule has 1 aliphatic carbocycles. The Hall–Kier alpha value is -0.910. The van der Waals surface area contributed by atoms with Gasteiger partial charge in [-0.3, -0.25) is 9.79 Å². The molecular formula is C15H28N4OS. The Bertz CT molecular complexity index is 376. The third-order valence-corrected chi connectivity index (χ3v) is 5.51. The van der Waals surface area contributed by atoms with Crippen molar-refractivity contribution in [3.8, 4) is 0 Å². The number of carbonyl (C=O) groups is 1. The third kappa shape index (κ3) is 6.16. The molecular weight excluding hydrogens is 284 g/mol. The molecule has 1 atom stereocenters. The van der Waals surface area contributed by atoms with Crippen molar-refractivity contribution in [2.75, 3.05) is 25.9 Å². The van der Waals surface area contributed by atoms with E-state index in [0.29, 0.717) is 17.2 Å². The van der Waals surface area contributed by atoms with Gasteiger partial charge in [-0.05, 0) is 44.8 Å². The average molecular weight is 312 g/mol. The van der Waals surface area contributed by atoms with Crippen molar-refractivity contribution in [1.82, 2.24) is 16.0 Å². The van der Waals surface area contributed by atoms with Crippen LogP contribution in [0.4, 0.5) is 0 Å². The lowest BCUT2D eigenvalue weighted by Gasteiger charge is -2.24. The number of hydrogen-bond acceptors (Lipinski definition) is 3. The van der Waals surface area contributed by atoms with Crippen LogP contribution >= 0.6 is 11.8 Å². The summed E-state index contributed by atoms with van der Waals surface area (Å²) in [5, 5.41) is 9.69. The number of amides is 1. The van der Waals surface area contributed by atoms with Crippen LogP contribution < -0.4 is 16.0 Å². The summed E-state index contributed by atoms with van der Waals surface area (Å²) >= 11 is 2.04. The highest BCUT2D eigenvalue weighted by atomic mass is 32.2. The van der Waals surface area contributed by atoms with Gasteiger partial charge in [-0.15, -0.1) is 0 Å². The topological polar surface area (TPSA) is 65.5 Å². The zero-order valence-corrected chi connectivity index (χ0v) is 14.0. The molecule has 1 aliphatic heterocycles. The Kier molecular flexibility index (Phi) is 6.21. The van der Waals surface area contributed by atoms with Crippen molar-refractivity contribution >= 4 is 23.6 Å². The largest absolute Gasteiger partial charge is 0.356 e. The maximum absolute atomic E-state index is 11.6. The van der Waals surface area contributed by atoms with E-state index in [4.69, 9.17) is 0 Å². The maximum atomic E-state index is 11.6. The van der Waals surface area contributed by atoms with Crippen LogP contribution in [-0.2, 0) is 4.79 Å². The number of aliphatic imine (C=N–C) groups is 1. The monoisotopic (exact) mass is 312 g/mol. The van der Waals surface area contributed by atoms with Crippen LogP contribution in [0.5, 0.6) is 0 Å². The van der Waals surface area contributed by atoms with Crippen molar-refractivity contribution in [3.63, 3.8) is 0 Å². The highest BCUT2D eigenvalue weighted by Crippen LogP contribution is 2.36. The van der Waals surface area contributed by atoms with Crippen LogP contribution in [0.2, 0.25) is 0 Å². The fraction of sp³-hybridized carbons (Fsp3) is 0.867. The highest BCUT2D eigenvalue weighted by molar-refractivity contribution is 8.00. The van der Waals surface area contributed by atoms with E-state index in [1.54, 1.807) is 7.05 Å². The molecule has 120 valence electrons. The predicted molar refractivity (Wildman–Crippen MR) is 89.9 cm³/mol. The van der Waals surface area contributed by atoms with Gasteiger partial charge in [0.25, 0.3) is 0 Å². The summed E-state index contributed by atoms with van der Waals surface area (Å²) in [5.41, 5.74) is 0. The lowest BCUT2D eigenvalue weighted by atomic mass is 10.1. The second kappa shape index (κ2) is 7.92. The summed E-state index contributed by atoms with van der Waals surface area (Å²) in [4.78, 5) is 15.8.